The highest BCUT2D eigenvalue weighted by Crippen LogP contribution is 2.30. The Morgan fingerprint density at radius 1 is 1.29 bits per heavy atom. The van der Waals surface area contributed by atoms with E-state index in [9.17, 15) is 4.79 Å². The number of thioether (sulfide) groups is 1. The summed E-state index contributed by atoms with van der Waals surface area (Å²) < 4.78 is 0. The number of amidine groups is 1. The molecule has 1 aliphatic heterocycles. The van der Waals surface area contributed by atoms with Crippen molar-refractivity contribution >= 4 is 39.3 Å². The lowest BCUT2D eigenvalue weighted by molar-refractivity contribution is -0.115. The maximum absolute atomic E-state index is 11.8. The molecule has 0 atom stereocenters. The lowest BCUT2D eigenvalue weighted by Crippen LogP contribution is -2.28. The van der Waals surface area contributed by atoms with Crippen LogP contribution in [0.25, 0.3) is 0 Å². The smallest absolute Gasteiger partial charge is 0.245 e. The molecule has 0 saturated carbocycles. The minimum absolute atomic E-state index is 0.0572. The molecule has 21 heavy (non-hydrogen) atoms. The van der Waals surface area contributed by atoms with Gasteiger partial charge in [-0.1, -0.05) is 43.0 Å². The van der Waals surface area contributed by atoms with Crippen LogP contribution in [-0.2, 0) is 17.6 Å². The minimum Gasteiger partial charge on any atom is -0.278 e. The standard InChI is InChI=1S/C15H15N3OS2/c1-2-10-3-5-11(6-4-10)7-12-8-17-15(21-12)18-13(19)9-20-14(18)16/h3-6,8,16H,2,7,9H2,1H3. The first-order valence-corrected chi connectivity index (χ1v) is 8.54. The van der Waals surface area contributed by atoms with Gasteiger partial charge in [-0.2, -0.15) is 0 Å². The summed E-state index contributed by atoms with van der Waals surface area (Å²) in [5.74, 6) is 0.282. The van der Waals surface area contributed by atoms with Crippen LogP contribution in [0.15, 0.2) is 30.5 Å². The SMILES string of the molecule is CCc1ccc(Cc2cnc(N3C(=N)SCC3=O)s2)cc1. The van der Waals surface area contributed by atoms with Crippen LogP contribution in [0, 0.1) is 5.41 Å². The molecule has 0 bridgehead atoms. The predicted molar refractivity (Wildman–Crippen MR) is 88.4 cm³/mol. The molecule has 1 amide bonds. The zero-order valence-corrected chi connectivity index (χ0v) is 13.3. The van der Waals surface area contributed by atoms with Crippen molar-refractivity contribution in [1.82, 2.24) is 4.98 Å². The summed E-state index contributed by atoms with van der Waals surface area (Å²) in [7, 11) is 0. The van der Waals surface area contributed by atoms with Gasteiger partial charge in [0.25, 0.3) is 0 Å². The number of rotatable bonds is 4. The molecule has 1 saturated heterocycles. The van der Waals surface area contributed by atoms with Crippen molar-refractivity contribution in [3.63, 3.8) is 0 Å². The average molecular weight is 317 g/mol. The molecule has 2 heterocycles. The molecule has 108 valence electrons. The van der Waals surface area contributed by atoms with Crippen molar-refractivity contribution < 1.29 is 4.79 Å². The van der Waals surface area contributed by atoms with Gasteiger partial charge in [-0.25, -0.2) is 9.88 Å². The highest BCUT2D eigenvalue weighted by Gasteiger charge is 2.30. The summed E-state index contributed by atoms with van der Waals surface area (Å²) in [5, 5.41) is 8.66. The number of aryl methyl sites for hydroxylation is 1. The maximum atomic E-state index is 11.8. The molecule has 4 nitrogen and oxygen atoms in total. The van der Waals surface area contributed by atoms with Gasteiger partial charge in [-0.05, 0) is 17.5 Å². The van der Waals surface area contributed by atoms with Crippen molar-refractivity contribution in [2.24, 2.45) is 0 Å². The second-order valence-electron chi connectivity index (χ2n) is 4.78. The van der Waals surface area contributed by atoms with Crippen molar-refractivity contribution in [2.45, 2.75) is 19.8 Å². The zero-order valence-electron chi connectivity index (χ0n) is 11.6. The van der Waals surface area contributed by atoms with Crippen molar-refractivity contribution in [3.05, 3.63) is 46.5 Å². The Kier molecular flexibility index (Phi) is 4.07. The Bertz CT molecular complexity index is 662. The third-order valence-electron chi connectivity index (χ3n) is 3.33. The van der Waals surface area contributed by atoms with Gasteiger partial charge in [0.2, 0.25) is 5.91 Å². The number of nitrogens with zero attached hydrogens (tertiary/aromatic N) is 2. The molecular weight excluding hydrogens is 302 g/mol. The third kappa shape index (κ3) is 3.01. The summed E-state index contributed by atoms with van der Waals surface area (Å²) in [6.07, 6.45) is 3.66. The Morgan fingerprint density at radius 2 is 2.00 bits per heavy atom. The zero-order chi connectivity index (χ0) is 14.8. The van der Waals surface area contributed by atoms with Gasteiger partial charge < -0.3 is 0 Å². The lowest BCUT2D eigenvalue weighted by atomic mass is 10.1. The number of carbonyl (C=O) groups is 1. The number of amides is 1. The fraction of sp³-hybridized carbons (Fsp3) is 0.267. The molecule has 1 aliphatic rings. The number of thiazole rings is 1. The Morgan fingerprint density at radius 3 is 2.62 bits per heavy atom. The second-order valence-corrected chi connectivity index (χ2v) is 6.84. The van der Waals surface area contributed by atoms with Gasteiger partial charge in [-0.15, -0.1) is 11.3 Å². The molecule has 0 aliphatic carbocycles. The molecule has 0 unspecified atom stereocenters. The molecule has 2 aromatic rings. The van der Waals surface area contributed by atoms with E-state index in [0.29, 0.717) is 10.9 Å². The van der Waals surface area contributed by atoms with E-state index in [4.69, 9.17) is 5.41 Å². The van der Waals surface area contributed by atoms with Gasteiger partial charge in [-0.3, -0.25) is 10.2 Å². The molecule has 1 fully saturated rings. The van der Waals surface area contributed by atoms with Crippen molar-refractivity contribution in [1.29, 1.82) is 5.41 Å². The number of nitrogens with one attached hydrogen (secondary N) is 1. The first kappa shape index (κ1) is 14.3. The molecule has 0 radical (unpaired) electrons. The summed E-state index contributed by atoms with van der Waals surface area (Å²) in [4.78, 5) is 18.6. The predicted octanol–water partition coefficient (Wildman–Crippen LogP) is 3.31. The number of hydrogen-bond acceptors (Lipinski definition) is 5. The van der Waals surface area contributed by atoms with Crippen LogP contribution in [0.1, 0.15) is 22.9 Å². The highest BCUT2D eigenvalue weighted by atomic mass is 32.2. The molecule has 0 spiro atoms. The molecule has 1 N–H and O–H groups in total. The number of benzene rings is 1. The topological polar surface area (TPSA) is 57.1 Å². The van der Waals surface area contributed by atoms with E-state index in [1.807, 2.05) is 0 Å². The van der Waals surface area contributed by atoms with Crippen LogP contribution < -0.4 is 4.90 Å². The van der Waals surface area contributed by atoms with E-state index >= 15 is 0 Å². The Hall–Kier alpha value is -1.66. The van der Waals surface area contributed by atoms with Crippen LogP contribution in [-0.4, -0.2) is 21.8 Å². The van der Waals surface area contributed by atoms with Gasteiger partial charge in [0.15, 0.2) is 10.3 Å². The Labute approximate surface area is 131 Å². The van der Waals surface area contributed by atoms with Crippen LogP contribution in [0.2, 0.25) is 0 Å². The van der Waals surface area contributed by atoms with Gasteiger partial charge >= 0.3 is 0 Å². The van der Waals surface area contributed by atoms with E-state index in [2.05, 4.69) is 36.2 Å². The number of aromatic nitrogens is 1. The Balaban J connectivity index is 1.75. The number of hydrogen-bond donors (Lipinski definition) is 1. The molecule has 6 heteroatoms. The summed E-state index contributed by atoms with van der Waals surface area (Å²) in [5.41, 5.74) is 2.57. The fourth-order valence-electron chi connectivity index (χ4n) is 2.14. The van der Waals surface area contributed by atoms with Gasteiger partial charge in [0.1, 0.15) is 0 Å². The van der Waals surface area contributed by atoms with E-state index in [1.54, 1.807) is 6.20 Å². The summed E-state index contributed by atoms with van der Waals surface area (Å²) in [6, 6.07) is 8.56. The van der Waals surface area contributed by atoms with Crippen molar-refractivity contribution in [2.75, 3.05) is 10.7 Å². The molecule has 1 aromatic carbocycles. The second kappa shape index (κ2) is 5.99. The molecule has 3 rings (SSSR count). The highest BCUT2D eigenvalue weighted by molar-refractivity contribution is 8.15. The minimum atomic E-state index is -0.0572. The van der Waals surface area contributed by atoms with E-state index in [1.165, 1.54) is 39.1 Å². The summed E-state index contributed by atoms with van der Waals surface area (Å²) >= 11 is 2.73. The van der Waals surface area contributed by atoms with Gasteiger partial charge in [0.05, 0.1) is 5.75 Å². The van der Waals surface area contributed by atoms with Gasteiger partial charge in [0, 0.05) is 17.5 Å². The first-order valence-electron chi connectivity index (χ1n) is 6.74. The van der Waals surface area contributed by atoms with Crippen LogP contribution >= 0.6 is 23.1 Å². The van der Waals surface area contributed by atoms with E-state index < -0.39 is 0 Å². The summed E-state index contributed by atoms with van der Waals surface area (Å²) in [6.45, 7) is 2.14. The third-order valence-corrected chi connectivity index (χ3v) is 5.16. The normalized spacial score (nSPS) is 15.0. The quantitative estimate of drug-likeness (QED) is 0.941. The molecular formula is C15H15N3OS2. The first-order chi connectivity index (χ1) is 10.2. The van der Waals surface area contributed by atoms with Crippen LogP contribution in [0.3, 0.4) is 0 Å². The largest absolute Gasteiger partial charge is 0.278 e. The average Bonchev–Trinajstić information content (AvgIpc) is 3.06. The number of anilines is 1. The number of carbonyl (C=O) groups excluding carboxylic acids is 1. The monoisotopic (exact) mass is 317 g/mol. The van der Waals surface area contributed by atoms with Crippen LogP contribution in [0.5, 0.6) is 0 Å². The molecule has 1 aromatic heterocycles. The van der Waals surface area contributed by atoms with E-state index in [-0.39, 0.29) is 11.1 Å². The van der Waals surface area contributed by atoms with Crippen LogP contribution in [0.4, 0.5) is 5.13 Å². The fourth-order valence-corrected chi connectivity index (χ4v) is 3.88. The van der Waals surface area contributed by atoms with Crippen molar-refractivity contribution in [3.8, 4) is 0 Å². The van der Waals surface area contributed by atoms with E-state index in [0.717, 1.165) is 17.7 Å². The lowest BCUT2D eigenvalue weighted by Gasteiger charge is -2.09. The maximum Gasteiger partial charge on any atom is 0.245 e.